The molecule has 1 aromatic heterocycles. The second-order valence-electron chi connectivity index (χ2n) is 5.04. The average Bonchev–Trinajstić information content (AvgIpc) is 3.10. The molecule has 0 N–H and O–H groups in total. The van der Waals surface area contributed by atoms with Gasteiger partial charge < -0.3 is 9.47 Å². The number of amides is 1. The summed E-state index contributed by atoms with van der Waals surface area (Å²) in [5.74, 6) is 0. The molecule has 2 heterocycles. The highest BCUT2D eigenvalue weighted by molar-refractivity contribution is 7.19. The standard InChI is InChI=1S/C16H15N3O3S/c1-21-10-12-9-19(16(20)22-12)11-5-6-13-14(8-11)23-15(18-13)4-2-3-7-17/h2,4-6,8,12H,3,9-10H2,1H3. The molecule has 1 aliphatic rings. The van der Waals surface area contributed by atoms with Crippen LogP contribution in [-0.4, -0.2) is 37.4 Å². The summed E-state index contributed by atoms with van der Waals surface area (Å²) in [5.41, 5.74) is 1.66. The van der Waals surface area contributed by atoms with E-state index in [0.29, 0.717) is 19.6 Å². The molecule has 1 aromatic carbocycles. The van der Waals surface area contributed by atoms with Crippen molar-refractivity contribution in [2.75, 3.05) is 25.2 Å². The van der Waals surface area contributed by atoms with E-state index in [1.807, 2.05) is 24.3 Å². The van der Waals surface area contributed by atoms with Gasteiger partial charge in [-0.05, 0) is 24.3 Å². The number of thiazole rings is 1. The maximum Gasteiger partial charge on any atom is 0.414 e. The number of cyclic esters (lactones) is 1. The number of rotatable bonds is 5. The molecular weight excluding hydrogens is 314 g/mol. The summed E-state index contributed by atoms with van der Waals surface area (Å²) in [7, 11) is 1.58. The molecule has 0 radical (unpaired) electrons. The van der Waals surface area contributed by atoms with Gasteiger partial charge in [-0.25, -0.2) is 9.78 Å². The first-order valence-electron chi connectivity index (χ1n) is 7.12. The van der Waals surface area contributed by atoms with Crippen molar-refractivity contribution >= 4 is 39.4 Å². The van der Waals surface area contributed by atoms with Gasteiger partial charge in [-0.3, -0.25) is 4.90 Å². The van der Waals surface area contributed by atoms with Crippen LogP contribution in [-0.2, 0) is 9.47 Å². The van der Waals surface area contributed by atoms with Gasteiger partial charge in [-0.15, -0.1) is 11.3 Å². The third kappa shape index (κ3) is 3.33. The fraction of sp³-hybridized carbons (Fsp3) is 0.312. The number of aromatic nitrogens is 1. The lowest BCUT2D eigenvalue weighted by atomic mass is 10.2. The Bertz CT molecular complexity index is 793. The maximum atomic E-state index is 12.0. The van der Waals surface area contributed by atoms with Crippen molar-refractivity contribution in [1.29, 1.82) is 5.26 Å². The summed E-state index contributed by atoms with van der Waals surface area (Å²) in [6, 6.07) is 7.75. The van der Waals surface area contributed by atoms with Crippen molar-refractivity contribution in [3.63, 3.8) is 0 Å². The Morgan fingerprint density at radius 2 is 2.48 bits per heavy atom. The van der Waals surface area contributed by atoms with E-state index in [2.05, 4.69) is 11.1 Å². The molecule has 1 saturated heterocycles. The second-order valence-corrected chi connectivity index (χ2v) is 6.10. The number of nitriles is 1. The number of methoxy groups -OCH3 is 1. The smallest absolute Gasteiger partial charge is 0.414 e. The molecule has 1 unspecified atom stereocenters. The highest BCUT2D eigenvalue weighted by Gasteiger charge is 2.32. The molecule has 2 aromatic rings. The van der Waals surface area contributed by atoms with Crippen LogP contribution in [0, 0.1) is 11.3 Å². The van der Waals surface area contributed by atoms with Gasteiger partial charge in [0.15, 0.2) is 0 Å². The fourth-order valence-electron chi connectivity index (χ4n) is 2.39. The Labute approximate surface area is 137 Å². The van der Waals surface area contributed by atoms with Crippen LogP contribution in [0.15, 0.2) is 24.3 Å². The van der Waals surface area contributed by atoms with E-state index in [1.54, 1.807) is 18.1 Å². The van der Waals surface area contributed by atoms with E-state index >= 15 is 0 Å². The van der Waals surface area contributed by atoms with E-state index in [4.69, 9.17) is 14.7 Å². The van der Waals surface area contributed by atoms with Crippen molar-refractivity contribution in [2.24, 2.45) is 0 Å². The molecule has 6 nitrogen and oxygen atoms in total. The minimum Gasteiger partial charge on any atom is -0.441 e. The molecule has 0 saturated carbocycles. The quantitative estimate of drug-likeness (QED) is 0.842. The lowest BCUT2D eigenvalue weighted by Gasteiger charge is -2.12. The molecule has 1 fully saturated rings. The van der Waals surface area contributed by atoms with E-state index < -0.39 is 0 Å². The number of hydrogen-bond acceptors (Lipinski definition) is 6. The van der Waals surface area contributed by atoms with Crippen LogP contribution in [0.25, 0.3) is 16.3 Å². The van der Waals surface area contributed by atoms with Gasteiger partial charge >= 0.3 is 6.09 Å². The number of carbonyl (C=O) groups is 1. The Morgan fingerprint density at radius 1 is 1.61 bits per heavy atom. The van der Waals surface area contributed by atoms with Gasteiger partial charge in [0.2, 0.25) is 0 Å². The third-order valence-corrected chi connectivity index (χ3v) is 4.38. The van der Waals surface area contributed by atoms with Crippen LogP contribution in [0.5, 0.6) is 0 Å². The molecule has 0 aliphatic carbocycles. The summed E-state index contributed by atoms with van der Waals surface area (Å²) in [5, 5.41) is 9.39. The number of benzene rings is 1. The zero-order valence-electron chi connectivity index (χ0n) is 12.6. The van der Waals surface area contributed by atoms with E-state index in [-0.39, 0.29) is 12.2 Å². The molecular formula is C16H15N3O3S. The van der Waals surface area contributed by atoms with Crippen molar-refractivity contribution in [2.45, 2.75) is 12.5 Å². The zero-order chi connectivity index (χ0) is 16.2. The summed E-state index contributed by atoms with van der Waals surface area (Å²) >= 11 is 1.52. The van der Waals surface area contributed by atoms with Crippen LogP contribution < -0.4 is 4.90 Å². The van der Waals surface area contributed by atoms with Gasteiger partial charge in [0.25, 0.3) is 0 Å². The normalized spacial score (nSPS) is 17.8. The number of carbonyl (C=O) groups excluding carboxylic acids is 1. The van der Waals surface area contributed by atoms with Crippen LogP contribution in [0.1, 0.15) is 11.4 Å². The molecule has 1 aliphatic heterocycles. The molecule has 118 valence electrons. The van der Waals surface area contributed by atoms with Crippen LogP contribution in [0.2, 0.25) is 0 Å². The number of allylic oxidation sites excluding steroid dienone is 1. The van der Waals surface area contributed by atoms with Crippen molar-refractivity contribution in [3.8, 4) is 6.07 Å². The molecule has 1 amide bonds. The zero-order valence-corrected chi connectivity index (χ0v) is 13.4. The van der Waals surface area contributed by atoms with Crippen molar-refractivity contribution < 1.29 is 14.3 Å². The Kier molecular flexibility index (Phi) is 4.55. The average molecular weight is 329 g/mol. The highest BCUT2D eigenvalue weighted by atomic mass is 32.1. The fourth-order valence-corrected chi connectivity index (χ4v) is 3.32. The summed E-state index contributed by atoms with van der Waals surface area (Å²) in [4.78, 5) is 18.1. The number of hydrogen-bond donors (Lipinski definition) is 0. The number of ether oxygens (including phenoxy) is 2. The topological polar surface area (TPSA) is 75.5 Å². The van der Waals surface area contributed by atoms with E-state index in [1.165, 1.54) is 11.3 Å². The van der Waals surface area contributed by atoms with Gasteiger partial charge in [-0.1, -0.05) is 6.08 Å². The number of fused-ring (bicyclic) bond motifs is 1. The van der Waals surface area contributed by atoms with Crippen molar-refractivity contribution in [1.82, 2.24) is 4.98 Å². The SMILES string of the molecule is COCC1CN(c2ccc3nc(C=CCC#N)sc3c2)C(=O)O1. The Balaban J connectivity index is 1.83. The lowest BCUT2D eigenvalue weighted by Crippen LogP contribution is -2.25. The lowest BCUT2D eigenvalue weighted by molar-refractivity contribution is 0.0718. The summed E-state index contributed by atoms with van der Waals surface area (Å²) in [6.07, 6.45) is 3.39. The van der Waals surface area contributed by atoms with Gasteiger partial charge in [0, 0.05) is 12.8 Å². The highest BCUT2D eigenvalue weighted by Crippen LogP contribution is 2.30. The predicted molar refractivity (Wildman–Crippen MR) is 88.4 cm³/mol. The monoisotopic (exact) mass is 329 g/mol. The maximum absolute atomic E-state index is 12.0. The third-order valence-electron chi connectivity index (χ3n) is 3.40. The molecule has 3 rings (SSSR count). The molecule has 7 heteroatoms. The number of anilines is 1. The van der Waals surface area contributed by atoms with Gasteiger partial charge in [-0.2, -0.15) is 5.26 Å². The van der Waals surface area contributed by atoms with Gasteiger partial charge in [0.05, 0.1) is 35.9 Å². The molecule has 0 bridgehead atoms. The molecule has 23 heavy (non-hydrogen) atoms. The minimum atomic E-state index is -0.356. The van der Waals surface area contributed by atoms with Crippen molar-refractivity contribution in [3.05, 3.63) is 29.3 Å². The first-order valence-corrected chi connectivity index (χ1v) is 7.94. The number of nitrogens with zero attached hydrogens (tertiary/aromatic N) is 3. The molecule has 0 spiro atoms. The second kappa shape index (κ2) is 6.77. The summed E-state index contributed by atoms with van der Waals surface area (Å²) in [6.45, 7) is 0.866. The summed E-state index contributed by atoms with van der Waals surface area (Å²) < 4.78 is 11.3. The Hall–Kier alpha value is -2.43. The van der Waals surface area contributed by atoms with Crippen LogP contribution in [0.3, 0.4) is 0 Å². The van der Waals surface area contributed by atoms with Crippen LogP contribution >= 0.6 is 11.3 Å². The first-order chi connectivity index (χ1) is 11.2. The molecule has 1 atom stereocenters. The first kappa shape index (κ1) is 15.5. The Morgan fingerprint density at radius 3 is 3.26 bits per heavy atom. The predicted octanol–water partition coefficient (Wildman–Crippen LogP) is 3.19. The largest absolute Gasteiger partial charge is 0.441 e. The van der Waals surface area contributed by atoms with E-state index in [0.717, 1.165) is 20.9 Å². The minimum absolute atomic E-state index is 0.242. The van der Waals surface area contributed by atoms with Gasteiger partial charge in [0.1, 0.15) is 11.1 Å². The van der Waals surface area contributed by atoms with Crippen LogP contribution in [0.4, 0.5) is 10.5 Å². The van der Waals surface area contributed by atoms with E-state index in [9.17, 15) is 4.79 Å².